The third kappa shape index (κ3) is 4.34. The van der Waals surface area contributed by atoms with Gasteiger partial charge in [-0.05, 0) is 64.7 Å². The van der Waals surface area contributed by atoms with Gasteiger partial charge in [-0.2, -0.15) is 0 Å². The summed E-state index contributed by atoms with van der Waals surface area (Å²) in [5, 5.41) is 5.15. The highest BCUT2D eigenvalue weighted by molar-refractivity contribution is 7.11. The molecule has 0 saturated carbocycles. The molecule has 2 unspecified atom stereocenters. The second kappa shape index (κ2) is 9.83. The van der Waals surface area contributed by atoms with Gasteiger partial charge in [-0.1, -0.05) is 5.16 Å². The van der Waals surface area contributed by atoms with E-state index >= 15 is 0 Å². The number of rotatable bonds is 4. The number of hydrogen-bond donors (Lipinski definition) is 0. The van der Waals surface area contributed by atoms with Crippen LogP contribution in [0.1, 0.15) is 70.6 Å². The fourth-order valence-corrected chi connectivity index (χ4v) is 7.46. The van der Waals surface area contributed by atoms with E-state index in [1.165, 1.54) is 10.9 Å². The smallest absolute Gasteiger partial charge is 0.227 e. The van der Waals surface area contributed by atoms with E-state index in [0.717, 1.165) is 64.6 Å². The van der Waals surface area contributed by atoms with Crippen LogP contribution in [0.25, 0.3) is 22.3 Å². The van der Waals surface area contributed by atoms with Crippen LogP contribution in [-0.4, -0.2) is 30.6 Å². The van der Waals surface area contributed by atoms with Crippen molar-refractivity contribution in [2.24, 2.45) is 0 Å². The molecule has 2 atom stereocenters. The number of carbonyl (C=O) groups is 1. The molecule has 1 saturated heterocycles. The first-order chi connectivity index (χ1) is 19.8. The molecule has 4 aromatic heterocycles. The summed E-state index contributed by atoms with van der Waals surface area (Å²) >= 11 is 1.72. The molecule has 0 spiro atoms. The Morgan fingerprint density at radius 1 is 1.05 bits per heavy atom. The number of imidazole rings is 1. The minimum atomic E-state index is -0.987. The SMILES string of the molecule is Cc1nc2c(s1)CC(n1c(C3CCCC(=O)N3c3ccc(F)c(F)c3)nc3cc(-c4c(C)noc4C)cnc31)CC2. The molecule has 0 radical (unpaired) electrons. The number of thiazole rings is 1. The van der Waals surface area contributed by atoms with Crippen LogP contribution < -0.4 is 4.90 Å². The summed E-state index contributed by atoms with van der Waals surface area (Å²) in [5.74, 6) is -0.670. The van der Waals surface area contributed by atoms with Gasteiger partial charge in [-0.15, -0.1) is 11.3 Å². The van der Waals surface area contributed by atoms with E-state index in [0.29, 0.717) is 42.1 Å². The Bertz CT molecular complexity index is 1810. The van der Waals surface area contributed by atoms with Crippen LogP contribution in [0, 0.1) is 32.4 Å². The Hall–Kier alpha value is -3.99. The molecule has 5 heterocycles. The monoisotopic (exact) mass is 574 g/mol. The predicted octanol–water partition coefficient (Wildman–Crippen LogP) is 6.73. The lowest BCUT2D eigenvalue weighted by atomic mass is 9.95. The van der Waals surface area contributed by atoms with Gasteiger partial charge in [-0.25, -0.2) is 23.7 Å². The lowest BCUT2D eigenvalue weighted by Crippen LogP contribution is -2.40. The normalized spacial score (nSPS) is 19.2. The molecular weight excluding hydrogens is 546 g/mol. The topological polar surface area (TPSA) is 89.9 Å². The van der Waals surface area contributed by atoms with Crippen molar-refractivity contribution in [2.45, 2.75) is 71.4 Å². The Morgan fingerprint density at radius 2 is 1.90 bits per heavy atom. The third-order valence-electron chi connectivity index (χ3n) is 8.19. The molecule has 2 aliphatic rings. The predicted molar refractivity (Wildman–Crippen MR) is 151 cm³/mol. The lowest BCUT2D eigenvalue weighted by Gasteiger charge is -2.36. The summed E-state index contributed by atoms with van der Waals surface area (Å²) in [6, 6.07) is 5.22. The number of carbonyl (C=O) groups excluding carboxylic acids is 1. The first-order valence-corrected chi connectivity index (χ1v) is 14.6. The highest BCUT2D eigenvalue weighted by Gasteiger charge is 2.37. The summed E-state index contributed by atoms with van der Waals surface area (Å²) < 4.78 is 35.8. The number of pyridine rings is 1. The van der Waals surface area contributed by atoms with Crippen molar-refractivity contribution in [1.29, 1.82) is 0 Å². The van der Waals surface area contributed by atoms with Crippen molar-refractivity contribution in [2.75, 3.05) is 4.90 Å². The maximum atomic E-state index is 14.4. The van der Waals surface area contributed by atoms with E-state index in [1.54, 1.807) is 16.2 Å². The largest absolute Gasteiger partial charge is 0.361 e. The van der Waals surface area contributed by atoms with Crippen LogP contribution >= 0.6 is 11.3 Å². The molecule has 1 aliphatic carbocycles. The zero-order chi connectivity index (χ0) is 28.4. The molecule has 210 valence electrons. The number of halogens is 2. The van der Waals surface area contributed by atoms with Crippen LogP contribution in [0.5, 0.6) is 0 Å². The van der Waals surface area contributed by atoms with Gasteiger partial charge in [0.05, 0.1) is 22.4 Å². The number of anilines is 1. The Morgan fingerprint density at radius 3 is 2.68 bits per heavy atom. The van der Waals surface area contributed by atoms with E-state index in [9.17, 15) is 13.6 Å². The maximum Gasteiger partial charge on any atom is 0.227 e. The number of hydrogen-bond acceptors (Lipinski definition) is 7. The number of aromatic nitrogens is 5. The molecule has 1 fully saturated rings. The molecule has 0 bridgehead atoms. The zero-order valence-electron chi connectivity index (χ0n) is 22.9. The van der Waals surface area contributed by atoms with E-state index < -0.39 is 17.7 Å². The molecule has 1 aromatic carbocycles. The van der Waals surface area contributed by atoms with E-state index in [4.69, 9.17) is 19.5 Å². The number of nitrogens with zero attached hydrogens (tertiary/aromatic N) is 6. The van der Waals surface area contributed by atoms with Crippen LogP contribution in [0.2, 0.25) is 0 Å². The van der Waals surface area contributed by atoms with E-state index in [1.807, 2.05) is 33.0 Å². The number of benzene rings is 1. The Labute approximate surface area is 239 Å². The highest BCUT2D eigenvalue weighted by Crippen LogP contribution is 2.41. The summed E-state index contributed by atoms with van der Waals surface area (Å²) in [4.78, 5) is 31.0. The fraction of sp³-hybridized carbons (Fsp3) is 0.367. The standard InChI is InChI=1S/C30H28F2N6O2S/c1-15-28(16(2)40-36-15)18-11-24-29(33-14-18)38(20-8-10-23-26(13-20)41-17(3)34-23)30(35-24)25-5-4-6-27(39)37(25)19-7-9-21(31)22(32)12-19/h7,9,11-12,14,20,25H,4-6,8,10,13H2,1-3H3. The molecule has 11 heteroatoms. The summed E-state index contributed by atoms with van der Waals surface area (Å²) in [6.45, 7) is 5.79. The van der Waals surface area contributed by atoms with Crippen LogP contribution in [-0.2, 0) is 17.6 Å². The summed E-state index contributed by atoms with van der Waals surface area (Å²) in [7, 11) is 0. The van der Waals surface area contributed by atoms with Gasteiger partial charge in [0, 0.05) is 52.8 Å². The van der Waals surface area contributed by atoms with Gasteiger partial charge in [0.15, 0.2) is 17.3 Å². The van der Waals surface area contributed by atoms with Crippen molar-refractivity contribution in [1.82, 2.24) is 24.7 Å². The molecule has 1 aliphatic heterocycles. The average Bonchev–Trinajstić information content (AvgIpc) is 3.62. The molecule has 5 aromatic rings. The van der Waals surface area contributed by atoms with Crippen molar-refractivity contribution in [3.8, 4) is 11.1 Å². The third-order valence-corrected chi connectivity index (χ3v) is 9.23. The Kier molecular flexibility index (Phi) is 6.22. The van der Waals surface area contributed by atoms with Gasteiger partial charge in [0.25, 0.3) is 0 Å². The summed E-state index contributed by atoms with van der Waals surface area (Å²) in [5.41, 5.74) is 5.41. The minimum absolute atomic E-state index is 0.0589. The second-order valence-corrected chi connectivity index (χ2v) is 12.2. The first-order valence-electron chi connectivity index (χ1n) is 13.8. The van der Waals surface area contributed by atoms with E-state index in [-0.39, 0.29) is 11.9 Å². The molecule has 8 nitrogen and oxygen atoms in total. The quantitative estimate of drug-likeness (QED) is 0.236. The van der Waals surface area contributed by atoms with E-state index in [2.05, 4.69) is 9.72 Å². The van der Waals surface area contributed by atoms with Gasteiger partial charge in [-0.3, -0.25) is 4.79 Å². The van der Waals surface area contributed by atoms with Gasteiger partial charge in [0.1, 0.15) is 17.1 Å². The zero-order valence-corrected chi connectivity index (χ0v) is 23.8. The molecular formula is C30H28F2N6O2S. The van der Waals surface area contributed by atoms with Gasteiger partial charge in [0.2, 0.25) is 5.91 Å². The molecule has 0 N–H and O–H groups in total. The van der Waals surface area contributed by atoms with Crippen molar-refractivity contribution < 1.29 is 18.1 Å². The molecule has 1 amide bonds. The average molecular weight is 575 g/mol. The maximum absolute atomic E-state index is 14.4. The van der Waals surface area contributed by atoms with Gasteiger partial charge < -0.3 is 14.0 Å². The van der Waals surface area contributed by atoms with Crippen LogP contribution in [0.4, 0.5) is 14.5 Å². The number of fused-ring (bicyclic) bond motifs is 2. The first kappa shape index (κ1) is 25.9. The van der Waals surface area contributed by atoms with Crippen molar-refractivity contribution in [3.05, 3.63) is 75.0 Å². The van der Waals surface area contributed by atoms with Crippen molar-refractivity contribution in [3.63, 3.8) is 0 Å². The fourth-order valence-electron chi connectivity index (χ4n) is 6.41. The number of aryl methyl sites for hydroxylation is 4. The highest BCUT2D eigenvalue weighted by atomic mass is 32.1. The number of piperidine rings is 1. The Balaban J connectivity index is 1.40. The van der Waals surface area contributed by atoms with Crippen LogP contribution in [0.15, 0.2) is 35.0 Å². The lowest BCUT2D eigenvalue weighted by molar-refractivity contribution is -0.120. The number of amides is 1. The van der Waals surface area contributed by atoms with Crippen LogP contribution in [0.3, 0.4) is 0 Å². The molecule has 7 rings (SSSR count). The minimum Gasteiger partial charge on any atom is -0.361 e. The van der Waals surface area contributed by atoms with Gasteiger partial charge >= 0.3 is 0 Å². The second-order valence-electron chi connectivity index (χ2n) is 10.9. The summed E-state index contributed by atoms with van der Waals surface area (Å²) in [6.07, 6.45) is 5.96. The molecule has 41 heavy (non-hydrogen) atoms. The van der Waals surface area contributed by atoms with Crippen molar-refractivity contribution >= 4 is 34.1 Å².